The third-order valence-electron chi connectivity index (χ3n) is 2.75. The van der Waals surface area contributed by atoms with Crippen LogP contribution in [0.5, 0.6) is 0 Å². The third kappa shape index (κ3) is 4.21. The van der Waals surface area contributed by atoms with Gasteiger partial charge in [0.15, 0.2) is 0 Å². The van der Waals surface area contributed by atoms with Crippen LogP contribution in [-0.2, 0) is 14.8 Å². The standard InChI is InChI=1S/C13H21N3O3S/c1-4-9-15-10-5-7-11(8-6-10)20(18,19)16-13(2,3)12(14)17/h5-8,15-16H,4,9H2,1-3H3,(H2,14,17). The normalized spacial score (nSPS) is 12.2. The van der Waals surface area contributed by atoms with Crippen LogP contribution in [0.3, 0.4) is 0 Å². The Labute approximate surface area is 119 Å². The minimum absolute atomic E-state index is 0.0915. The average Bonchev–Trinajstić information content (AvgIpc) is 2.35. The highest BCUT2D eigenvalue weighted by Gasteiger charge is 2.31. The Kier molecular flexibility index (Phi) is 5.13. The van der Waals surface area contributed by atoms with Gasteiger partial charge in [-0.05, 0) is 44.5 Å². The molecule has 0 saturated heterocycles. The van der Waals surface area contributed by atoms with Gasteiger partial charge in [0.2, 0.25) is 15.9 Å². The van der Waals surface area contributed by atoms with E-state index in [4.69, 9.17) is 5.73 Å². The van der Waals surface area contributed by atoms with E-state index in [0.717, 1.165) is 18.7 Å². The lowest BCUT2D eigenvalue weighted by molar-refractivity contribution is -0.122. The number of hydrogen-bond donors (Lipinski definition) is 3. The van der Waals surface area contributed by atoms with Gasteiger partial charge in [0, 0.05) is 12.2 Å². The van der Waals surface area contributed by atoms with Crippen LogP contribution in [0.1, 0.15) is 27.2 Å². The summed E-state index contributed by atoms with van der Waals surface area (Å²) < 4.78 is 26.6. The number of hydrogen-bond acceptors (Lipinski definition) is 4. The fourth-order valence-corrected chi connectivity index (χ4v) is 2.85. The largest absolute Gasteiger partial charge is 0.385 e. The van der Waals surface area contributed by atoms with E-state index in [9.17, 15) is 13.2 Å². The molecule has 1 rings (SSSR count). The summed E-state index contributed by atoms with van der Waals surface area (Å²) in [5, 5.41) is 3.15. The Bertz CT molecular complexity index is 565. The van der Waals surface area contributed by atoms with E-state index in [1.165, 1.54) is 26.0 Å². The fraction of sp³-hybridized carbons (Fsp3) is 0.462. The highest BCUT2D eigenvalue weighted by Crippen LogP contribution is 2.16. The molecule has 0 radical (unpaired) electrons. The first-order chi connectivity index (χ1) is 9.19. The van der Waals surface area contributed by atoms with Gasteiger partial charge in [-0.3, -0.25) is 4.79 Å². The lowest BCUT2D eigenvalue weighted by Crippen LogP contribution is -2.52. The molecule has 0 spiro atoms. The molecule has 1 amide bonds. The molecule has 0 atom stereocenters. The first-order valence-corrected chi connectivity index (χ1v) is 7.85. The van der Waals surface area contributed by atoms with Crippen LogP contribution >= 0.6 is 0 Å². The SMILES string of the molecule is CCCNc1ccc(S(=O)(=O)NC(C)(C)C(N)=O)cc1. The van der Waals surface area contributed by atoms with E-state index >= 15 is 0 Å². The molecule has 20 heavy (non-hydrogen) atoms. The number of benzene rings is 1. The molecule has 0 fully saturated rings. The van der Waals surface area contributed by atoms with E-state index in [2.05, 4.69) is 10.0 Å². The molecular weight excluding hydrogens is 278 g/mol. The summed E-state index contributed by atoms with van der Waals surface area (Å²) in [7, 11) is -3.78. The maximum Gasteiger partial charge on any atom is 0.241 e. The second-order valence-electron chi connectivity index (χ2n) is 5.05. The average molecular weight is 299 g/mol. The van der Waals surface area contributed by atoms with Crippen LogP contribution in [0.25, 0.3) is 0 Å². The Hall–Kier alpha value is -1.60. The van der Waals surface area contributed by atoms with Crippen molar-refractivity contribution in [3.63, 3.8) is 0 Å². The van der Waals surface area contributed by atoms with Gasteiger partial charge in [-0.15, -0.1) is 0 Å². The molecular formula is C13H21N3O3S. The second-order valence-corrected chi connectivity index (χ2v) is 6.73. The van der Waals surface area contributed by atoms with Crippen LogP contribution in [0.4, 0.5) is 5.69 Å². The van der Waals surface area contributed by atoms with Crippen LogP contribution in [0, 0.1) is 0 Å². The van der Waals surface area contributed by atoms with E-state index < -0.39 is 21.5 Å². The summed E-state index contributed by atoms with van der Waals surface area (Å²) in [4.78, 5) is 11.3. The molecule has 0 aliphatic heterocycles. The van der Waals surface area contributed by atoms with Crippen LogP contribution in [0.15, 0.2) is 29.2 Å². The molecule has 0 aromatic heterocycles. The molecule has 0 bridgehead atoms. The number of sulfonamides is 1. The molecule has 0 unspecified atom stereocenters. The minimum atomic E-state index is -3.78. The van der Waals surface area contributed by atoms with Gasteiger partial charge in [-0.25, -0.2) is 8.42 Å². The molecule has 0 saturated carbocycles. The fourth-order valence-electron chi connectivity index (χ4n) is 1.47. The maximum atomic E-state index is 12.1. The lowest BCUT2D eigenvalue weighted by Gasteiger charge is -2.22. The number of rotatable bonds is 7. The van der Waals surface area contributed by atoms with Crippen molar-refractivity contribution in [3.8, 4) is 0 Å². The van der Waals surface area contributed by atoms with E-state index in [0.29, 0.717) is 0 Å². The van der Waals surface area contributed by atoms with Gasteiger partial charge in [-0.2, -0.15) is 4.72 Å². The van der Waals surface area contributed by atoms with Gasteiger partial charge in [0.25, 0.3) is 0 Å². The second kappa shape index (κ2) is 6.23. The molecule has 1 aromatic carbocycles. The molecule has 0 aliphatic rings. The number of anilines is 1. The Morgan fingerprint density at radius 2 is 1.80 bits per heavy atom. The van der Waals surface area contributed by atoms with Gasteiger partial charge < -0.3 is 11.1 Å². The molecule has 1 aromatic rings. The van der Waals surface area contributed by atoms with Crippen molar-refractivity contribution >= 4 is 21.6 Å². The molecule has 7 heteroatoms. The number of amides is 1. The first-order valence-electron chi connectivity index (χ1n) is 6.37. The molecule has 0 heterocycles. The highest BCUT2D eigenvalue weighted by atomic mass is 32.2. The van der Waals surface area contributed by atoms with Gasteiger partial charge in [0.1, 0.15) is 5.54 Å². The number of nitrogens with two attached hydrogens (primary N) is 1. The molecule has 0 aliphatic carbocycles. The third-order valence-corrected chi connectivity index (χ3v) is 4.42. The van der Waals surface area contributed by atoms with Gasteiger partial charge in [0.05, 0.1) is 4.90 Å². The van der Waals surface area contributed by atoms with Crippen molar-refractivity contribution in [2.75, 3.05) is 11.9 Å². The van der Waals surface area contributed by atoms with E-state index in [1.807, 2.05) is 6.92 Å². The monoisotopic (exact) mass is 299 g/mol. The Morgan fingerprint density at radius 3 is 2.25 bits per heavy atom. The predicted molar refractivity (Wildman–Crippen MR) is 78.8 cm³/mol. The summed E-state index contributed by atoms with van der Waals surface area (Å²) in [5.41, 5.74) is 4.67. The van der Waals surface area contributed by atoms with Gasteiger partial charge in [-0.1, -0.05) is 6.92 Å². The van der Waals surface area contributed by atoms with E-state index in [1.54, 1.807) is 12.1 Å². The van der Waals surface area contributed by atoms with Crippen molar-refractivity contribution in [1.29, 1.82) is 0 Å². The molecule has 4 N–H and O–H groups in total. The van der Waals surface area contributed by atoms with Gasteiger partial charge >= 0.3 is 0 Å². The van der Waals surface area contributed by atoms with Crippen molar-refractivity contribution in [3.05, 3.63) is 24.3 Å². The summed E-state index contributed by atoms with van der Waals surface area (Å²) in [6, 6.07) is 6.33. The number of carbonyl (C=O) groups excluding carboxylic acids is 1. The maximum absolute atomic E-state index is 12.1. The van der Waals surface area contributed by atoms with E-state index in [-0.39, 0.29) is 4.90 Å². The highest BCUT2D eigenvalue weighted by molar-refractivity contribution is 7.89. The van der Waals surface area contributed by atoms with Crippen LogP contribution < -0.4 is 15.8 Å². The Balaban J connectivity index is 2.91. The number of carbonyl (C=O) groups is 1. The summed E-state index contributed by atoms with van der Waals surface area (Å²) >= 11 is 0. The van der Waals surface area contributed by atoms with Crippen LogP contribution in [0.2, 0.25) is 0 Å². The lowest BCUT2D eigenvalue weighted by atomic mass is 10.1. The van der Waals surface area contributed by atoms with Crippen molar-refractivity contribution in [2.24, 2.45) is 5.73 Å². The van der Waals surface area contributed by atoms with Crippen molar-refractivity contribution in [2.45, 2.75) is 37.6 Å². The van der Waals surface area contributed by atoms with Crippen molar-refractivity contribution < 1.29 is 13.2 Å². The zero-order valence-corrected chi connectivity index (χ0v) is 12.8. The molecule has 6 nitrogen and oxygen atoms in total. The smallest absolute Gasteiger partial charge is 0.241 e. The first kappa shape index (κ1) is 16.5. The van der Waals surface area contributed by atoms with Crippen molar-refractivity contribution in [1.82, 2.24) is 4.72 Å². The summed E-state index contributed by atoms with van der Waals surface area (Å²) in [5.74, 6) is -0.734. The zero-order chi connectivity index (χ0) is 15.4. The zero-order valence-electron chi connectivity index (χ0n) is 11.9. The molecule has 112 valence electrons. The number of nitrogens with one attached hydrogen (secondary N) is 2. The number of primary amides is 1. The topological polar surface area (TPSA) is 101 Å². The predicted octanol–water partition coefficient (Wildman–Crippen LogP) is 1.05. The quantitative estimate of drug-likeness (QED) is 0.700. The summed E-state index contributed by atoms with van der Waals surface area (Å²) in [6.07, 6.45) is 0.981. The summed E-state index contributed by atoms with van der Waals surface area (Å²) in [6.45, 7) is 5.70. The minimum Gasteiger partial charge on any atom is -0.385 e. The van der Waals surface area contributed by atoms with Crippen LogP contribution in [-0.4, -0.2) is 26.4 Å². The Morgan fingerprint density at radius 1 is 1.25 bits per heavy atom.